The monoisotopic (exact) mass is 439 g/mol. The average Bonchev–Trinajstić information content (AvgIpc) is 2.62. The number of aldehydes is 1. The molecule has 0 amide bonds. The lowest BCUT2D eigenvalue weighted by molar-refractivity contribution is -0.386. The predicted molar refractivity (Wildman–Crippen MR) is 89.4 cm³/mol. The van der Waals surface area contributed by atoms with Crippen LogP contribution in [0.4, 0.5) is 32.0 Å². The smallest absolute Gasteiger partial charge is 0.302 e. The standard InChI is InChI=1S/C16H11F6N3O3S/c1-2-29-12-4-9(16(20,21)22)6-24-14(12)10(7-26)13-11(25(27)28)3-8(5-23-13)15(17,18)19/h3-7,10H,2H2,1H3. The van der Waals surface area contributed by atoms with E-state index in [-0.39, 0.29) is 28.7 Å². The van der Waals surface area contributed by atoms with Crippen LogP contribution in [0.2, 0.25) is 0 Å². The fourth-order valence-corrected chi connectivity index (χ4v) is 3.23. The number of nitro groups is 1. The summed E-state index contributed by atoms with van der Waals surface area (Å²) in [5.41, 5.74) is -4.51. The first-order chi connectivity index (χ1) is 13.4. The lowest BCUT2D eigenvalue weighted by Crippen LogP contribution is -2.15. The number of carbonyl (C=O) groups is 1. The van der Waals surface area contributed by atoms with Gasteiger partial charge in [0.1, 0.15) is 17.9 Å². The second-order valence-electron chi connectivity index (χ2n) is 5.54. The van der Waals surface area contributed by atoms with Crippen molar-refractivity contribution < 1.29 is 36.1 Å². The summed E-state index contributed by atoms with van der Waals surface area (Å²) in [7, 11) is 0. The minimum atomic E-state index is -4.91. The maximum Gasteiger partial charge on any atom is 0.418 e. The van der Waals surface area contributed by atoms with Crippen LogP contribution in [0, 0.1) is 10.1 Å². The van der Waals surface area contributed by atoms with Crippen LogP contribution in [0.3, 0.4) is 0 Å². The second-order valence-corrected chi connectivity index (χ2v) is 6.84. The number of alkyl halides is 6. The summed E-state index contributed by atoms with van der Waals surface area (Å²) < 4.78 is 77.3. The second kappa shape index (κ2) is 8.35. The van der Waals surface area contributed by atoms with Crippen LogP contribution < -0.4 is 0 Å². The summed E-state index contributed by atoms with van der Waals surface area (Å²) in [6.07, 6.45) is -8.73. The van der Waals surface area contributed by atoms with Gasteiger partial charge in [-0.25, -0.2) is 0 Å². The molecule has 0 bridgehead atoms. The van der Waals surface area contributed by atoms with E-state index in [4.69, 9.17) is 0 Å². The van der Waals surface area contributed by atoms with Crippen molar-refractivity contribution in [2.24, 2.45) is 0 Å². The van der Waals surface area contributed by atoms with E-state index < -0.39 is 45.7 Å². The molecule has 0 aliphatic rings. The number of nitrogens with zero attached hydrogens (tertiary/aromatic N) is 3. The molecule has 0 radical (unpaired) electrons. The molecule has 2 aromatic rings. The van der Waals surface area contributed by atoms with Crippen LogP contribution in [0.1, 0.15) is 35.4 Å². The molecule has 2 rings (SSSR count). The molecule has 0 aliphatic heterocycles. The Balaban J connectivity index is 2.67. The Kier molecular flexibility index (Phi) is 6.50. The Labute approximate surface area is 163 Å². The summed E-state index contributed by atoms with van der Waals surface area (Å²) in [6.45, 7) is 1.61. The lowest BCUT2D eigenvalue weighted by Gasteiger charge is -2.16. The number of halogens is 6. The highest BCUT2D eigenvalue weighted by molar-refractivity contribution is 7.99. The zero-order chi connectivity index (χ0) is 22.0. The molecule has 2 aromatic heterocycles. The van der Waals surface area contributed by atoms with Crippen LogP contribution >= 0.6 is 11.8 Å². The van der Waals surface area contributed by atoms with Crippen molar-refractivity contribution in [1.82, 2.24) is 9.97 Å². The molecule has 0 aromatic carbocycles. The van der Waals surface area contributed by atoms with Gasteiger partial charge in [-0.05, 0) is 11.8 Å². The molecule has 2 heterocycles. The average molecular weight is 439 g/mol. The summed E-state index contributed by atoms with van der Waals surface area (Å²) in [6, 6.07) is 0.943. The number of hydrogen-bond acceptors (Lipinski definition) is 6. The molecule has 13 heteroatoms. The molecule has 0 fully saturated rings. The van der Waals surface area contributed by atoms with E-state index in [1.165, 1.54) is 0 Å². The molecule has 0 spiro atoms. The van der Waals surface area contributed by atoms with Gasteiger partial charge in [-0.3, -0.25) is 20.1 Å². The van der Waals surface area contributed by atoms with Crippen molar-refractivity contribution in [3.05, 3.63) is 57.2 Å². The van der Waals surface area contributed by atoms with Crippen LogP contribution in [0.5, 0.6) is 0 Å². The lowest BCUT2D eigenvalue weighted by atomic mass is 9.98. The summed E-state index contributed by atoms with van der Waals surface area (Å²) in [5, 5.41) is 11.3. The quantitative estimate of drug-likeness (QED) is 0.210. The molecule has 1 unspecified atom stereocenters. The SMILES string of the molecule is CCSc1cc(C(F)(F)F)cnc1C(C=O)c1ncc(C(F)(F)F)cc1[N+](=O)[O-]. The Morgan fingerprint density at radius 3 is 2.03 bits per heavy atom. The highest BCUT2D eigenvalue weighted by Gasteiger charge is 2.37. The van der Waals surface area contributed by atoms with Crippen LogP contribution in [-0.4, -0.2) is 26.9 Å². The van der Waals surface area contributed by atoms with E-state index >= 15 is 0 Å². The molecular weight excluding hydrogens is 428 g/mol. The molecular formula is C16H11F6N3O3S. The minimum absolute atomic E-state index is 0.0876. The van der Waals surface area contributed by atoms with Gasteiger partial charge in [0, 0.05) is 23.4 Å². The van der Waals surface area contributed by atoms with Gasteiger partial charge in [-0.15, -0.1) is 11.8 Å². The Bertz CT molecular complexity index is 933. The van der Waals surface area contributed by atoms with Crippen LogP contribution in [-0.2, 0) is 17.1 Å². The van der Waals surface area contributed by atoms with E-state index in [1.54, 1.807) is 6.92 Å². The van der Waals surface area contributed by atoms with Crippen molar-refractivity contribution in [3.63, 3.8) is 0 Å². The number of thioether (sulfide) groups is 1. The van der Waals surface area contributed by atoms with Gasteiger partial charge in [-0.1, -0.05) is 6.92 Å². The largest absolute Gasteiger partial charge is 0.418 e. The van der Waals surface area contributed by atoms with Gasteiger partial charge in [0.15, 0.2) is 0 Å². The molecule has 0 saturated carbocycles. The van der Waals surface area contributed by atoms with Gasteiger partial charge in [0.25, 0.3) is 5.69 Å². The van der Waals surface area contributed by atoms with Crippen molar-refractivity contribution in [3.8, 4) is 0 Å². The van der Waals surface area contributed by atoms with Gasteiger partial charge < -0.3 is 4.79 Å². The molecule has 0 aliphatic carbocycles. The van der Waals surface area contributed by atoms with E-state index in [1.807, 2.05) is 0 Å². The van der Waals surface area contributed by atoms with E-state index in [0.29, 0.717) is 12.4 Å². The van der Waals surface area contributed by atoms with Crippen LogP contribution in [0.15, 0.2) is 29.4 Å². The fourth-order valence-electron chi connectivity index (χ4n) is 2.38. The van der Waals surface area contributed by atoms with Crippen molar-refractivity contribution in [2.45, 2.75) is 30.1 Å². The number of aromatic nitrogens is 2. The molecule has 6 nitrogen and oxygen atoms in total. The van der Waals surface area contributed by atoms with Crippen LogP contribution in [0.25, 0.3) is 0 Å². The topological polar surface area (TPSA) is 86.0 Å². The highest BCUT2D eigenvalue weighted by Crippen LogP contribution is 2.39. The number of rotatable bonds is 6. The Hall–Kier alpha value is -2.70. The molecule has 29 heavy (non-hydrogen) atoms. The molecule has 1 atom stereocenters. The Morgan fingerprint density at radius 2 is 1.59 bits per heavy atom. The van der Waals surface area contributed by atoms with E-state index in [0.717, 1.165) is 17.8 Å². The number of hydrogen-bond donors (Lipinski definition) is 0. The first kappa shape index (κ1) is 22.6. The summed E-state index contributed by atoms with van der Waals surface area (Å²) >= 11 is 0.893. The fraction of sp³-hybridized carbons (Fsp3) is 0.312. The van der Waals surface area contributed by atoms with Gasteiger partial charge in [-0.2, -0.15) is 26.3 Å². The zero-order valence-electron chi connectivity index (χ0n) is 14.4. The number of pyridine rings is 2. The molecule has 0 N–H and O–H groups in total. The zero-order valence-corrected chi connectivity index (χ0v) is 15.2. The molecule has 156 valence electrons. The highest BCUT2D eigenvalue weighted by atomic mass is 32.2. The first-order valence-electron chi connectivity index (χ1n) is 7.76. The van der Waals surface area contributed by atoms with Gasteiger partial charge in [0.2, 0.25) is 0 Å². The molecule has 0 saturated heterocycles. The minimum Gasteiger partial charge on any atom is -0.302 e. The third-order valence-electron chi connectivity index (χ3n) is 3.66. The van der Waals surface area contributed by atoms with Crippen molar-refractivity contribution in [2.75, 3.05) is 5.75 Å². The summed E-state index contributed by atoms with van der Waals surface area (Å²) in [5.74, 6) is -1.35. The van der Waals surface area contributed by atoms with Gasteiger partial charge in [0.05, 0.1) is 21.7 Å². The maximum atomic E-state index is 12.9. The summed E-state index contributed by atoms with van der Waals surface area (Å²) in [4.78, 5) is 28.7. The third kappa shape index (κ3) is 5.02. The maximum absolute atomic E-state index is 12.9. The van der Waals surface area contributed by atoms with E-state index in [2.05, 4.69) is 9.97 Å². The third-order valence-corrected chi connectivity index (χ3v) is 4.58. The van der Waals surface area contributed by atoms with Crippen molar-refractivity contribution >= 4 is 23.7 Å². The van der Waals surface area contributed by atoms with E-state index in [9.17, 15) is 41.3 Å². The Morgan fingerprint density at radius 1 is 1.07 bits per heavy atom. The predicted octanol–water partition coefficient (Wildman–Crippen LogP) is 4.87. The van der Waals surface area contributed by atoms with Crippen molar-refractivity contribution in [1.29, 1.82) is 0 Å². The van der Waals surface area contributed by atoms with Gasteiger partial charge >= 0.3 is 12.4 Å². The number of carbonyl (C=O) groups excluding carboxylic acids is 1. The first-order valence-corrected chi connectivity index (χ1v) is 8.75. The normalized spacial score (nSPS) is 13.2.